The molecular weight excluding hydrogens is 612 g/mol. The summed E-state index contributed by atoms with van der Waals surface area (Å²) in [5.74, 6) is -1.61. The molecule has 1 N–H and O–H groups in total. The Morgan fingerprint density at radius 1 is 0.841 bits per heavy atom. The first-order valence-corrected chi connectivity index (χ1v) is 16.1. The van der Waals surface area contributed by atoms with Crippen LogP contribution < -0.4 is 10.2 Å². The van der Waals surface area contributed by atoms with Crippen LogP contribution in [-0.4, -0.2) is 29.6 Å². The van der Waals surface area contributed by atoms with E-state index in [0.29, 0.717) is 16.8 Å². The Kier molecular flexibility index (Phi) is 7.33. The predicted octanol–water partition coefficient (Wildman–Crippen LogP) is 8.04. The zero-order valence-corrected chi connectivity index (χ0v) is 26.1. The molecule has 1 fully saturated rings. The van der Waals surface area contributed by atoms with E-state index < -0.39 is 23.4 Å². The maximum Gasteiger partial charge on any atom is 0.238 e. The van der Waals surface area contributed by atoms with E-state index in [9.17, 15) is 9.59 Å². The smallest absolute Gasteiger partial charge is 0.238 e. The van der Waals surface area contributed by atoms with Gasteiger partial charge in [-0.25, -0.2) is 0 Å². The maximum absolute atomic E-state index is 15.0. The lowest BCUT2D eigenvalue weighted by atomic mass is 9.64. The minimum Gasteiger partial charge on any atom is -0.352 e. The minimum absolute atomic E-state index is 0.184. The number of Topliss-reactive ketones (excluding diaryl/α,β-unsaturated/α-hetero) is 2. The Bertz CT molecular complexity index is 1800. The van der Waals surface area contributed by atoms with E-state index in [1.54, 1.807) is 12.1 Å². The standard InChI is InChI=1S/C38H33BrN2O3/c1-2-3-4-9-24-14-16-26(17-15-24)35(42)33-34(36(43)27-18-21-28(39)22-19-27)41-31-13-8-5-10-25(31)20-23-32(41)38(33)29-11-6-7-12-30(29)40-37(38)44/h5-8,10-23,32-34H,2-4,9H2,1H3,(H,40,44)/t32-,33-,34+,38+/m0/s1. The van der Waals surface area contributed by atoms with Gasteiger partial charge in [-0.2, -0.15) is 0 Å². The topological polar surface area (TPSA) is 66.5 Å². The fourth-order valence-corrected chi connectivity index (χ4v) is 7.76. The highest BCUT2D eigenvalue weighted by Crippen LogP contribution is 2.58. The number of hydrogen-bond acceptors (Lipinski definition) is 4. The van der Waals surface area contributed by atoms with Crippen molar-refractivity contribution in [2.75, 3.05) is 10.2 Å². The van der Waals surface area contributed by atoms with Gasteiger partial charge in [-0.05, 0) is 53.8 Å². The van der Waals surface area contributed by atoms with Crippen molar-refractivity contribution in [3.63, 3.8) is 0 Å². The molecule has 44 heavy (non-hydrogen) atoms. The van der Waals surface area contributed by atoms with E-state index in [1.165, 1.54) is 5.56 Å². The lowest BCUT2D eigenvalue weighted by Gasteiger charge is -2.37. The monoisotopic (exact) mass is 644 g/mol. The number of amides is 1. The number of anilines is 2. The van der Waals surface area contributed by atoms with Gasteiger partial charge in [0, 0.05) is 27.0 Å². The lowest BCUT2D eigenvalue weighted by Crippen LogP contribution is -2.51. The zero-order chi connectivity index (χ0) is 30.4. The van der Waals surface area contributed by atoms with Crippen LogP contribution in [0.1, 0.15) is 63.6 Å². The van der Waals surface area contributed by atoms with Gasteiger partial charge in [0.15, 0.2) is 11.6 Å². The quantitative estimate of drug-likeness (QED) is 0.156. The van der Waals surface area contributed by atoms with Crippen molar-refractivity contribution < 1.29 is 14.4 Å². The number of rotatable bonds is 8. The molecular formula is C38H33BrN2O3. The molecule has 1 spiro atoms. The van der Waals surface area contributed by atoms with Crippen LogP contribution in [0.5, 0.6) is 0 Å². The van der Waals surface area contributed by atoms with Gasteiger partial charge in [0.1, 0.15) is 11.5 Å². The third-order valence-corrected chi connectivity index (χ3v) is 10.1. The number of aryl methyl sites for hydroxylation is 1. The summed E-state index contributed by atoms with van der Waals surface area (Å²) in [5, 5.41) is 3.10. The van der Waals surface area contributed by atoms with Crippen molar-refractivity contribution in [1.82, 2.24) is 0 Å². The van der Waals surface area contributed by atoms with Gasteiger partial charge in [-0.3, -0.25) is 14.4 Å². The molecule has 0 aromatic heterocycles. The average molecular weight is 646 g/mol. The number of unbranched alkanes of at least 4 members (excludes halogenated alkanes) is 2. The predicted molar refractivity (Wildman–Crippen MR) is 178 cm³/mol. The number of para-hydroxylation sites is 2. The van der Waals surface area contributed by atoms with Gasteiger partial charge in [0.05, 0.1) is 12.0 Å². The van der Waals surface area contributed by atoms with Gasteiger partial charge < -0.3 is 10.2 Å². The number of nitrogens with one attached hydrogen (secondary N) is 1. The van der Waals surface area contributed by atoms with Crippen LogP contribution in [0, 0.1) is 5.92 Å². The summed E-state index contributed by atoms with van der Waals surface area (Å²) in [7, 11) is 0. The molecule has 5 nitrogen and oxygen atoms in total. The number of nitrogens with zero attached hydrogens (tertiary/aromatic N) is 1. The first-order chi connectivity index (χ1) is 21.4. The highest BCUT2D eigenvalue weighted by molar-refractivity contribution is 9.10. The molecule has 4 aromatic carbocycles. The number of carbonyl (C=O) groups is 3. The maximum atomic E-state index is 15.0. The van der Waals surface area contributed by atoms with Crippen LogP contribution in [0.25, 0.3) is 6.08 Å². The van der Waals surface area contributed by atoms with Crippen molar-refractivity contribution in [3.05, 3.63) is 135 Å². The molecule has 0 aliphatic carbocycles. The zero-order valence-electron chi connectivity index (χ0n) is 24.5. The molecule has 4 aromatic rings. The summed E-state index contributed by atoms with van der Waals surface area (Å²) >= 11 is 3.48. The summed E-state index contributed by atoms with van der Waals surface area (Å²) in [6, 6.07) is 29.1. The van der Waals surface area contributed by atoms with Gasteiger partial charge in [0.25, 0.3) is 0 Å². The number of carbonyl (C=O) groups excluding carboxylic acids is 3. The van der Waals surface area contributed by atoms with E-state index in [0.717, 1.165) is 47.0 Å². The van der Waals surface area contributed by atoms with Crippen LogP contribution in [0.4, 0.5) is 11.4 Å². The highest BCUT2D eigenvalue weighted by atomic mass is 79.9. The average Bonchev–Trinajstić information content (AvgIpc) is 3.53. The van der Waals surface area contributed by atoms with Crippen molar-refractivity contribution in [2.45, 2.75) is 50.1 Å². The summed E-state index contributed by atoms with van der Waals surface area (Å²) in [6.07, 6.45) is 8.38. The molecule has 3 heterocycles. The Hall–Kier alpha value is -4.29. The van der Waals surface area contributed by atoms with E-state index in [2.05, 4.69) is 28.2 Å². The third kappa shape index (κ3) is 4.38. The van der Waals surface area contributed by atoms with Crippen molar-refractivity contribution in [2.24, 2.45) is 5.92 Å². The molecule has 220 valence electrons. The summed E-state index contributed by atoms with van der Waals surface area (Å²) in [5.41, 5.74) is 4.10. The lowest BCUT2D eigenvalue weighted by molar-refractivity contribution is -0.121. The summed E-state index contributed by atoms with van der Waals surface area (Å²) < 4.78 is 0.858. The fourth-order valence-electron chi connectivity index (χ4n) is 7.50. The van der Waals surface area contributed by atoms with E-state index in [4.69, 9.17) is 0 Å². The van der Waals surface area contributed by atoms with Crippen molar-refractivity contribution in [1.29, 1.82) is 0 Å². The second-order valence-electron chi connectivity index (χ2n) is 12.0. The third-order valence-electron chi connectivity index (χ3n) is 9.53. The van der Waals surface area contributed by atoms with Crippen LogP contribution in [-0.2, 0) is 16.6 Å². The fraction of sp³-hybridized carbons (Fsp3) is 0.237. The Balaban J connectivity index is 1.44. The molecule has 7 rings (SSSR count). The van der Waals surface area contributed by atoms with E-state index >= 15 is 4.79 Å². The number of benzene rings is 4. The van der Waals surface area contributed by atoms with Gasteiger partial charge in [-0.15, -0.1) is 0 Å². The molecule has 0 saturated carbocycles. The highest BCUT2D eigenvalue weighted by Gasteiger charge is 2.70. The molecule has 0 bridgehead atoms. The van der Waals surface area contributed by atoms with Crippen LogP contribution >= 0.6 is 15.9 Å². The molecule has 1 saturated heterocycles. The van der Waals surface area contributed by atoms with Crippen LogP contribution in [0.15, 0.2) is 108 Å². The minimum atomic E-state index is -1.31. The Labute approximate surface area is 266 Å². The van der Waals surface area contributed by atoms with Crippen LogP contribution in [0.2, 0.25) is 0 Å². The largest absolute Gasteiger partial charge is 0.352 e. The Morgan fingerprint density at radius 2 is 1.52 bits per heavy atom. The Morgan fingerprint density at radius 3 is 2.30 bits per heavy atom. The second-order valence-corrected chi connectivity index (χ2v) is 12.9. The van der Waals surface area contributed by atoms with Crippen molar-refractivity contribution in [3.8, 4) is 0 Å². The first kappa shape index (κ1) is 28.5. The van der Waals surface area contributed by atoms with Crippen LogP contribution in [0.3, 0.4) is 0 Å². The molecule has 3 aliphatic heterocycles. The number of halogens is 1. The first-order valence-electron chi connectivity index (χ1n) is 15.3. The molecule has 4 atom stereocenters. The van der Waals surface area contributed by atoms with E-state index in [-0.39, 0.29) is 17.5 Å². The molecule has 6 heteroatoms. The van der Waals surface area contributed by atoms with Crippen molar-refractivity contribution >= 4 is 50.9 Å². The van der Waals surface area contributed by atoms with Gasteiger partial charge >= 0.3 is 0 Å². The number of fused-ring (bicyclic) bond motifs is 6. The molecule has 0 radical (unpaired) electrons. The number of ketones is 2. The molecule has 0 unspecified atom stereocenters. The normalized spacial score (nSPS) is 22.8. The number of hydrogen-bond donors (Lipinski definition) is 1. The SMILES string of the molecule is CCCCCc1ccc(C(=O)[C@@H]2[C@H](C(=O)c3ccc(Br)cc3)N3c4ccccc4C=C[C@H]3[C@@]23C(=O)Nc2ccccc23)cc1. The van der Waals surface area contributed by atoms with E-state index in [1.807, 2.05) is 102 Å². The van der Waals surface area contributed by atoms with Gasteiger partial charge in [0.2, 0.25) is 5.91 Å². The molecule has 3 aliphatic rings. The summed E-state index contributed by atoms with van der Waals surface area (Å²) in [4.78, 5) is 46.3. The second kappa shape index (κ2) is 11.3. The summed E-state index contributed by atoms with van der Waals surface area (Å²) in [6.45, 7) is 2.18. The molecule has 1 amide bonds. The van der Waals surface area contributed by atoms with Gasteiger partial charge in [-0.1, -0.05) is 121 Å².